The van der Waals surface area contributed by atoms with Gasteiger partial charge in [0.15, 0.2) is 0 Å². The third-order valence-corrected chi connectivity index (χ3v) is 10.2. The van der Waals surface area contributed by atoms with Crippen LogP contribution in [-0.2, 0) is 39.7 Å². The van der Waals surface area contributed by atoms with Crippen LogP contribution < -0.4 is 10.6 Å². The lowest BCUT2D eigenvalue weighted by molar-refractivity contribution is -0.432. The summed E-state index contributed by atoms with van der Waals surface area (Å²) in [6.07, 6.45) is 0. The summed E-state index contributed by atoms with van der Waals surface area (Å²) in [5.74, 6) is -3.39. The molecule has 0 unspecified atom stereocenters. The molecule has 7 N–H and O–H groups in total. The fourth-order valence-corrected chi connectivity index (χ4v) is 7.49. The van der Waals surface area contributed by atoms with E-state index >= 15 is 0 Å². The summed E-state index contributed by atoms with van der Waals surface area (Å²) in [4.78, 5) is 36.3. The number of carbonyl (C=O) groups excluding carboxylic acids is 2. The van der Waals surface area contributed by atoms with Gasteiger partial charge in [-0.15, -0.1) is 4.33 Å². The fraction of sp³-hybridized carbons (Fsp3) is 0. The highest BCUT2D eigenvalue weighted by Crippen LogP contribution is 2.33. The van der Waals surface area contributed by atoms with Crippen LogP contribution in [0.4, 0.5) is 11.4 Å². The first-order valence-electron chi connectivity index (χ1n) is 13.5. The topological polar surface area (TPSA) is 297 Å². The summed E-state index contributed by atoms with van der Waals surface area (Å²) in [6, 6.07) is 14.1. The summed E-state index contributed by atoms with van der Waals surface area (Å²) < 4.78 is 104. The van der Waals surface area contributed by atoms with Crippen molar-refractivity contribution in [1.82, 2.24) is 0 Å². The van der Waals surface area contributed by atoms with Gasteiger partial charge in [0, 0.05) is 38.2 Å². The molecular formula is C29H20N2O16S4. The quantitative estimate of drug-likeness (QED) is 0.0424. The number of hydrogen-bond donors (Lipinski definition) is 7. The molecule has 5 aromatic rings. The summed E-state index contributed by atoms with van der Waals surface area (Å²) in [6.45, 7) is 0. The molecule has 0 radical (unpaired) electrons. The highest BCUT2D eigenvalue weighted by atomic mass is 32.2. The zero-order valence-corrected chi connectivity index (χ0v) is 28.1. The maximum Gasteiger partial charge on any atom is 0.335 e. The van der Waals surface area contributed by atoms with E-state index < -0.39 is 68.4 Å². The molecule has 0 fully saturated rings. The lowest BCUT2D eigenvalue weighted by Crippen LogP contribution is -2.17. The molecule has 18 nitrogen and oxygen atoms in total. The average molecular weight is 781 g/mol. The van der Waals surface area contributed by atoms with Gasteiger partial charge in [-0.1, -0.05) is 17.2 Å². The maximum absolute atomic E-state index is 13.3. The highest BCUT2D eigenvalue weighted by molar-refractivity contribution is 7.94. The number of carbonyl (C=O) groups is 3. The van der Waals surface area contributed by atoms with Crippen molar-refractivity contribution >= 4 is 93.1 Å². The van der Waals surface area contributed by atoms with Crippen LogP contribution in [0.25, 0.3) is 21.5 Å². The SMILES string of the molecule is O=C(O)c1cc(C(=O)Nc2ccc3c(S(=O)(=O)O)cc(SOOO)cc3c2)cc(C(=O)Nc2ccc3c(S(=O)(=O)O)cc(S(=O)(=O)O)cc3c2)c1. The van der Waals surface area contributed by atoms with E-state index in [1.807, 2.05) is 0 Å². The Balaban J connectivity index is 1.47. The van der Waals surface area contributed by atoms with Crippen molar-refractivity contribution in [2.24, 2.45) is 0 Å². The van der Waals surface area contributed by atoms with E-state index in [-0.39, 0.29) is 48.9 Å². The summed E-state index contributed by atoms with van der Waals surface area (Å²) in [5, 5.41) is 26.4. The normalized spacial score (nSPS) is 12.2. The second kappa shape index (κ2) is 14.0. The Hall–Kier alpha value is -5.01. The first kappa shape index (κ1) is 37.3. The van der Waals surface area contributed by atoms with Gasteiger partial charge in [-0.25, -0.2) is 10.1 Å². The standard InChI is InChI=1S/C29H20N2O16S4/c32-27(30-19-1-3-23-14(8-19)10-21(48-47-46-36)12-25(23)50(40,41)42)16-5-17(7-18(6-16)29(34)35)28(33)31-20-2-4-24-15(9-20)11-22(49(37,38)39)13-26(24)51(43,44)45/h1-13,36H,(H,30,32)(H,31,33)(H,34,35)(H,37,38,39)(H,40,41,42)(H,43,44,45). The van der Waals surface area contributed by atoms with E-state index in [4.69, 9.17) is 5.26 Å². The predicted molar refractivity (Wildman–Crippen MR) is 177 cm³/mol. The van der Waals surface area contributed by atoms with Crippen LogP contribution in [0.5, 0.6) is 0 Å². The number of nitrogens with one attached hydrogen (secondary N) is 2. The number of aromatic carboxylic acids is 1. The van der Waals surface area contributed by atoms with E-state index in [1.165, 1.54) is 30.3 Å². The van der Waals surface area contributed by atoms with Gasteiger partial charge in [-0.05, 0) is 77.5 Å². The molecule has 0 saturated carbocycles. The highest BCUT2D eigenvalue weighted by Gasteiger charge is 2.22. The predicted octanol–water partition coefficient (Wildman–Crippen LogP) is 4.36. The van der Waals surface area contributed by atoms with Crippen LogP contribution in [0, 0.1) is 0 Å². The van der Waals surface area contributed by atoms with Crippen molar-refractivity contribution in [3.63, 3.8) is 0 Å². The van der Waals surface area contributed by atoms with Crippen molar-refractivity contribution in [3.05, 3.63) is 95.6 Å². The van der Waals surface area contributed by atoms with Crippen LogP contribution in [0.15, 0.2) is 98.4 Å². The number of anilines is 2. The van der Waals surface area contributed by atoms with E-state index in [0.717, 1.165) is 42.5 Å². The number of rotatable bonds is 11. The Morgan fingerprint density at radius 3 is 1.51 bits per heavy atom. The Bertz CT molecular complexity index is 2630. The molecule has 0 aliphatic rings. The molecule has 2 amide bonds. The Kier molecular flexibility index (Phi) is 10.2. The number of carboxylic acids is 1. The van der Waals surface area contributed by atoms with Crippen LogP contribution in [0.3, 0.4) is 0 Å². The van der Waals surface area contributed by atoms with Gasteiger partial charge in [-0.2, -0.15) is 25.3 Å². The maximum atomic E-state index is 13.3. The monoisotopic (exact) mass is 780 g/mol. The van der Waals surface area contributed by atoms with Gasteiger partial charge in [0.1, 0.15) is 9.79 Å². The summed E-state index contributed by atoms with van der Waals surface area (Å²) in [7, 11) is -14.7. The molecule has 266 valence electrons. The fourth-order valence-electron chi connectivity index (χ4n) is 4.87. The molecule has 0 spiro atoms. The van der Waals surface area contributed by atoms with Crippen molar-refractivity contribution in [1.29, 1.82) is 0 Å². The van der Waals surface area contributed by atoms with Crippen molar-refractivity contribution in [3.8, 4) is 0 Å². The lowest BCUT2D eigenvalue weighted by Gasteiger charge is -2.12. The Labute approximate surface area is 290 Å². The summed E-state index contributed by atoms with van der Waals surface area (Å²) >= 11 is 0.398. The number of fused-ring (bicyclic) bond motifs is 2. The molecule has 0 aliphatic heterocycles. The lowest BCUT2D eigenvalue weighted by atomic mass is 10.0. The molecule has 5 rings (SSSR count). The Morgan fingerprint density at radius 1 is 0.588 bits per heavy atom. The molecular weight excluding hydrogens is 761 g/mol. The summed E-state index contributed by atoms with van der Waals surface area (Å²) in [5.41, 5.74) is -1.14. The van der Waals surface area contributed by atoms with Crippen molar-refractivity contribution in [2.75, 3.05) is 10.6 Å². The average Bonchev–Trinajstić information content (AvgIpc) is 3.04. The van der Waals surface area contributed by atoms with Crippen LogP contribution in [0.2, 0.25) is 0 Å². The zero-order valence-electron chi connectivity index (χ0n) is 24.9. The van der Waals surface area contributed by atoms with E-state index in [2.05, 4.69) is 20.0 Å². The third-order valence-electron chi connectivity index (χ3n) is 7.01. The van der Waals surface area contributed by atoms with Gasteiger partial charge in [0.25, 0.3) is 42.2 Å². The molecule has 51 heavy (non-hydrogen) atoms. The van der Waals surface area contributed by atoms with Crippen LogP contribution >= 0.6 is 12.0 Å². The second-order valence-corrected chi connectivity index (χ2v) is 15.4. The molecule has 0 atom stereocenters. The molecule has 0 heterocycles. The molecule has 22 heteroatoms. The molecule has 0 bridgehead atoms. The van der Waals surface area contributed by atoms with Crippen molar-refractivity contribution < 1.29 is 73.0 Å². The number of hydrogen-bond acceptors (Lipinski definition) is 13. The van der Waals surface area contributed by atoms with Gasteiger partial charge in [0.05, 0.1) is 22.5 Å². The van der Waals surface area contributed by atoms with Gasteiger partial charge < -0.3 is 15.7 Å². The number of benzene rings is 5. The first-order valence-corrected chi connectivity index (χ1v) is 18.5. The van der Waals surface area contributed by atoms with Gasteiger partial charge >= 0.3 is 5.97 Å². The first-order chi connectivity index (χ1) is 23.7. The molecule has 5 aromatic carbocycles. The molecule has 0 aliphatic carbocycles. The minimum Gasteiger partial charge on any atom is -0.478 e. The zero-order chi connectivity index (χ0) is 37.5. The van der Waals surface area contributed by atoms with Crippen LogP contribution in [0.1, 0.15) is 31.1 Å². The van der Waals surface area contributed by atoms with E-state index in [0.29, 0.717) is 18.1 Å². The number of carboxylic acid groups (broad SMARTS) is 1. The smallest absolute Gasteiger partial charge is 0.335 e. The number of amides is 2. The van der Waals surface area contributed by atoms with E-state index in [1.54, 1.807) is 0 Å². The third kappa shape index (κ3) is 8.49. The minimum absolute atomic E-state index is 0.0358. The van der Waals surface area contributed by atoms with Gasteiger partial charge in [0.2, 0.25) is 0 Å². The molecule has 0 aromatic heterocycles. The largest absolute Gasteiger partial charge is 0.478 e. The molecule has 0 saturated heterocycles. The Morgan fingerprint density at radius 2 is 1.06 bits per heavy atom. The second-order valence-electron chi connectivity index (χ2n) is 10.4. The van der Waals surface area contributed by atoms with Gasteiger partial charge in [-0.3, -0.25) is 23.2 Å². The minimum atomic E-state index is -4.97. The van der Waals surface area contributed by atoms with Crippen LogP contribution in [-0.4, -0.2) is 67.1 Å². The van der Waals surface area contributed by atoms with E-state index in [9.17, 15) is 58.4 Å². The van der Waals surface area contributed by atoms with Crippen molar-refractivity contribution in [2.45, 2.75) is 19.6 Å².